The molecule has 0 aromatic heterocycles. The molecule has 1 fully saturated rings. The first-order valence-electron chi connectivity index (χ1n) is 7.40. The summed E-state index contributed by atoms with van der Waals surface area (Å²) in [6, 6.07) is 10.5. The third-order valence-electron chi connectivity index (χ3n) is 3.71. The molecule has 1 aliphatic rings. The van der Waals surface area contributed by atoms with Gasteiger partial charge in [0.25, 0.3) is 11.8 Å². The van der Waals surface area contributed by atoms with Crippen molar-refractivity contribution in [2.45, 2.75) is 12.5 Å². The number of imide groups is 1. The first-order chi connectivity index (χ1) is 12.0. The van der Waals surface area contributed by atoms with Crippen LogP contribution in [0.2, 0.25) is 5.02 Å². The van der Waals surface area contributed by atoms with Crippen molar-refractivity contribution in [3.05, 3.63) is 64.9 Å². The molecule has 1 aliphatic heterocycles. The first-order valence-corrected chi connectivity index (χ1v) is 7.78. The van der Waals surface area contributed by atoms with E-state index in [1.807, 2.05) is 0 Å². The van der Waals surface area contributed by atoms with Crippen LogP contribution in [-0.4, -0.2) is 23.8 Å². The molecule has 1 heterocycles. The van der Waals surface area contributed by atoms with Crippen molar-refractivity contribution in [1.29, 1.82) is 0 Å². The van der Waals surface area contributed by atoms with Gasteiger partial charge in [0.15, 0.2) is 0 Å². The minimum Gasteiger partial charge on any atom is -0.287 e. The number of nitrogens with one attached hydrogen (secondary N) is 2. The molecular formula is C17H13ClFN3O3. The van der Waals surface area contributed by atoms with E-state index in [1.54, 1.807) is 18.2 Å². The minimum atomic E-state index is -0.913. The third kappa shape index (κ3) is 3.52. The molecule has 2 aromatic rings. The molecule has 3 amide bonds. The van der Waals surface area contributed by atoms with Crippen LogP contribution in [0.25, 0.3) is 0 Å². The van der Waals surface area contributed by atoms with Crippen molar-refractivity contribution in [2.75, 3.05) is 4.90 Å². The Labute approximate surface area is 147 Å². The van der Waals surface area contributed by atoms with Crippen molar-refractivity contribution in [1.82, 2.24) is 10.9 Å². The molecule has 0 spiro atoms. The molecule has 0 radical (unpaired) electrons. The molecule has 2 N–H and O–H groups in total. The zero-order valence-corrected chi connectivity index (χ0v) is 13.6. The normalized spacial score (nSPS) is 17.0. The summed E-state index contributed by atoms with van der Waals surface area (Å²) in [6.07, 6.45) is -0.126. The molecular weight excluding hydrogens is 349 g/mol. The van der Waals surface area contributed by atoms with E-state index in [1.165, 1.54) is 18.2 Å². The van der Waals surface area contributed by atoms with Gasteiger partial charge in [-0.15, -0.1) is 0 Å². The number of hydrazine groups is 1. The number of carbonyl (C=O) groups excluding carboxylic acids is 3. The summed E-state index contributed by atoms with van der Waals surface area (Å²) in [5.74, 6) is -1.97. The van der Waals surface area contributed by atoms with Gasteiger partial charge >= 0.3 is 0 Å². The topological polar surface area (TPSA) is 78.5 Å². The summed E-state index contributed by atoms with van der Waals surface area (Å²) < 4.78 is 13.0. The number of anilines is 1. The van der Waals surface area contributed by atoms with Gasteiger partial charge in [0, 0.05) is 0 Å². The Bertz CT molecular complexity index is 841. The Morgan fingerprint density at radius 3 is 2.48 bits per heavy atom. The lowest BCUT2D eigenvalue weighted by molar-refractivity contribution is -0.121. The van der Waals surface area contributed by atoms with Gasteiger partial charge < -0.3 is 0 Å². The van der Waals surface area contributed by atoms with Crippen LogP contribution in [0.1, 0.15) is 16.8 Å². The molecule has 0 saturated carbocycles. The van der Waals surface area contributed by atoms with Crippen LogP contribution in [0.5, 0.6) is 0 Å². The predicted molar refractivity (Wildman–Crippen MR) is 89.4 cm³/mol. The molecule has 1 atom stereocenters. The lowest BCUT2D eigenvalue weighted by Gasteiger charge is -2.16. The van der Waals surface area contributed by atoms with Crippen molar-refractivity contribution < 1.29 is 18.8 Å². The van der Waals surface area contributed by atoms with E-state index in [9.17, 15) is 18.8 Å². The number of hydrogen-bond donors (Lipinski definition) is 2. The van der Waals surface area contributed by atoms with Gasteiger partial charge in [0.1, 0.15) is 11.9 Å². The lowest BCUT2D eigenvalue weighted by Crippen LogP contribution is -2.48. The van der Waals surface area contributed by atoms with Gasteiger partial charge in [-0.3, -0.25) is 19.8 Å². The van der Waals surface area contributed by atoms with E-state index in [-0.39, 0.29) is 22.7 Å². The van der Waals surface area contributed by atoms with Crippen LogP contribution in [0.4, 0.5) is 10.1 Å². The summed E-state index contributed by atoms with van der Waals surface area (Å²) in [5.41, 5.74) is 5.45. The number of nitrogens with zero attached hydrogens (tertiary/aromatic N) is 1. The highest BCUT2D eigenvalue weighted by Crippen LogP contribution is 2.23. The fourth-order valence-electron chi connectivity index (χ4n) is 2.47. The van der Waals surface area contributed by atoms with Crippen molar-refractivity contribution in [3.8, 4) is 0 Å². The van der Waals surface area contributed by atoms with Crippen LogP contribution in [0.15, 0.2) is 48.5 Å². The van der Waals surface area contributed by atoms with Crippen molar-refractivity contribution in [2.24, 2.45) is 0 Å². The van der Waals surface area contributed by atoms with E-state index in [2.05, 4.69) is 10.9 Å². The second kappa shape index (κ2) is 7.00. The predicted octanol–water partition coefficient (Wildman–Crippen LogP) is 2.05. The lowest BCUT2D eigenvalue weighted by atomic mass is 10.2. The number of benzene rings is 2. The Kier molecular flexibility index (Phi) is 4.78. The van der Waals surface area contributed by atoms with E-state index in [0.29, 0.717) is 0 Å². The Morgan fingerprint density at radius 2 is 1.80 bits per heavy atom. The van der Waals surface area contributed by atoms with Crippen LogP contribution in [0, 0.1) is 5.82 Å². The minimum absolute atomic E-state index is 0.126. The Hall–Kier alpha value is -2.77. The molecule has 25 heavy (non-hydrogen) atoms. The maximum Gasteiger partial charge on any atom is 0.266 e. The summed E-state index contributed by atoms with van der Waals surface area (Å²) in [6.45, 7) is 0. The molecule has 128 valence electrons. The standard InChI is InChI=1S/C17H13ClFN3O3/c18-13-4-2-1-3-12(13)16(24)21-20-14-9-15(23)22(17(14)25)11-7-5-10(19)6-8-11/h1-8,14,20H,9H2,(H,21,24)/t14-/m1/s1. The Morgan fingerprint density at radius 1 is 1.12 bits per heavy atom. The van der Waals surface area contributed by atoms with Gasteiger partial charge in [-0.2, -0.15) is 0 Å². The summed E-state index contributed by atoms with van der Waals surface area (Å²) in [5, 5.41) is 0.267. The van der Waals surface area contributed by atoms with Gasteiger partial charge in [-0.25, -0.2) is 14.7 Å². The van der Waals surface area contributed by atoms with Crippen molar-refractivity contribution >= 4 is 35.0 Å². The number of halogens is 2. The van der Waals surface area contributed by atoms with Gasteiger partial charge in [0.05, 0.1) is 22.7 Å². The van der Waals surface area contributed by atoms with Crippen LogP contribution < -0.4 is 15.8 Å². The quantitative estimate of drug-likeness (QED) is 0.645. The fraction of sp³-hybridized carbons (Fsp3) is 0.118. The second-order valence-electron chi connectivity index (χ2n) is 5.38. The zero-order valence-electron chi connectivity index (χ0n) is 12.8. The summed E-state index contributed by atoms with van der Waals surface area (Å²) in [7, 11) is 0. The van der Waals surface area contributed by atoms with E-state index >= 15 is 0 Å². The fourth-order valence-corrected chi connectivity index (χ4v) is 2.69. The molecule has 1 saturated heterocycles. The largest absolute Gasteiger partial charge is 0.287 e. The van der Waals surface area contributed by atoms with Gasteiger partial charge in [-0.1, -0.05) is 23.7 Å². The smallest absolute Gasteiger partial charge is 0.266 e. The highest BCUT2D eigenvalue weighted by atomic mass is 35.5. The second-order valence-corrected chi connectivity index (χ2v) is 5.79. The molecule has 0 unspecified atom stereocenters. The molecule has 6 nitrogen and oxygen atoms in total. The van der Waals surface area contributed by atoms with Crippen molar-refractivity contribution in [3.63, 3.8) is 0 Å². The summed E-state index contributed by atoms with van der Waals surface area (Å²) >= 11 is 5.93. The number of hydrogen-bond acceptors (Lipinski definition) is 4. The molecule has 0 bridgehead atoms. The molecule has 2 aromatic carbocycles. The highest BCUT2D eigenvalue weighted by molar-refractivity contribution is 6.33. The number of rotatable bonds is 4. The van der Waals surface area contributed by atoms with Crippen LogP contribution in [-0.2, 0) is 9.59 Å². The zero-order chi connectivity index (χ0) is 18.0. The van der Waals surface area contributed by atoms with E-state index in [4.69, 9.17) is 11.6 Å². The van der Waals surface area contributed by atoms with Crippen LogP contribution in [0.3, 0.4) is 0 Å². The average Bonchev–Trinajstić information content (AvgIpc) is 2.88. The van der Waals surface area contributed by atoms with E-state index < -0.39 is 29.6 Å². The average molecular weight is 362 g/mol. The van der Waals surface area contributed by atoms with Gasteiger partial charge in [-0.05, 0) is 36.4 Å². The molecule has 0 aliphatic carbocycles. The number of amides is 3. The first kappa shape index (κ1) is 17.1. The molecule has 8 heteroatoms. The van der Waals surface area contributed by atoms with E-state index in [0.717, 1.165) is 17.0 Å². The number of carbonyl (C=O) groups is 3. The maximum absolute atomic E-state index is 13.0. The SMILES string of the molecule is O=C(NN[C@@H]1CC(=O)N(c2ccc(F)cc2)C1=O)c1ccccc1Cl. The maximum atomic E-state index is 13.0. The highest BCUT2D eigenvalue weighted by Gasteiger charge is 2.39. The molecule has 3 rings (SSSR count). The monoisotopic (exact) mass is 361 g/mol. The third-order valence-corrected chi connectivity index (χ3v) is 4.04. The summed E-state index contributed by atoms with van der Waals surface area (Å²) in [4.78, 5) is 37.5. The van der Waals surface area contributed by atoms with Gasteiger partial charge in [0.2, 0.25) is 5.91 Å². The Balaban J connectivity index is 1.67. The van der Waals surface area contributed by atoms with Crippen LogP contribution >= 0.6 is 11.6 Å².